The Hall–Kier alpha value is -1.35. The largest absolute Gasteiger partial charge is 0.374 e. The van der Waals surface area contributed by atoms with E-state index in [0.717, 1.165) is 31.3 Å². The number of amides is 1. The first-order valence-corrected chi connectivity index (χ1v) is 7.26. The van der Waals surface area contributed by atoms with Gasteiger partial charge in [0.2, 0.25) is 5.91 Å². The number of aliphatic hydroxyl groups is 1. The molecule has 0 aliphatic carbocycles. The summed E-state index contributed by atoms with van der Waals surface area (Å²) < 4.78 is 0. The van der Waals surface area contributed by atoms with Crippen LogP contribution in [0.1, 0.15) is 60.3 Å². The lowest BCUT2D eigenvalue weighted by Crippen LogP contribution is -2.30. The lowest BCUT2D eigenvalue weighted by molar-refractivity contribution is -0.119. The van der Waals surface area contributed by atoms with E-state index < -0.39 is 6.23 Å². The number of hydrogen-bond acceptors (Lipinski definition) is 2. The maximum absolute atomic E-state index is 11.4. The lowest BCUT2D eigenvalue weighted by atomic mass is 10.1. The minimum absolute atomic E-state index is 0.234. The van der Waals surface area contributed by atoms with Crippen molar-refractivity contribution in [1.82, 2.24) is 5.32 Å². The van der Waals surface area contributed by atoms with E-state index in [0.29, 0.717) is 0 Å². The molecule has 2 N–H and O–H groups in total. The van der Waals surface area contributed by atoms with Gasteiger partial charge in [0, 0.05) is 6.08 Å². The Morgan fingerprint density at radius 1 is 1.05 bits per heavy atom. The van der Waals surface area contributed by atoms with E-state index in [1.165, 1.54) is 18.1 Å². The van der Waals surface area contributed by atoms with Crippen molar-refractivity contribution in [2.45, 2.75) is 66.5 Å². The standard InChI is InChI=1S/C17H29NO2/c1-13(2)8-6-9-14(3)10-7-11-15(4)12-17(20)18-16(5)19/h8,10,12,16,19H,6-7,9,11H2,1-5H3,(H,18,20). The zero-order valence-corrected chi connectivity index (χ0v) is 13.5. The average molecular weight is 279 g/mol. The number of carbonyl (C=O) groups is 1. The van der Waals surface area contributed by atoms with Crippen LogP contribution in [0.5, 0.6) is 0 Å². The molecule has 0 heterocycles. The minimum atomic E-state index is -0.802. The van der Waals surface area contributed by atoms with Gasteiger partial charge in [-0.15, -0.1) is 0 Å². The van der Waals surface area contributed by atoms with E-state index in [4.69, 9.17) is 5.11 Å². The molecule has 0 aliphatic heterocycles. The molecule has 0 bridgehead atoms. The van der Waals surface area contributed by atoms with Gasteiger partial charge in [-0.2, -0.15) is 0 Å². The molecular weight excluding hydrogens is 250 g/mol. The fourth-order valence-corrected chi connectivity index (χ4v) is 1.78. The van der Waals surface area contributed by atoms with Crippen molar-refractivity contribution in [3.63, 3.8) is 0 Å². The van der Waals surface area contributed by atoms with E-state index in [1.807, 2.05) is 6.92 Å². The predicted octanol–water partition coefficient (Wildman–Crippen LogP) is 3.86. The number of hydrogen-bond donors (Lipinski definition) is 2. The van der Waals surface area contributed by atoms with Crippen LogP contribution in [-0.4, -0.2) is 17.2 Å². The number of aliphatic hydroxyl groups excluding tert-OH is 1. The highest BCUT2D eigenvalue weighted by Gasteiger charge is 2.00. The van der Waals surface area contributed by atoms with E-state index in [1.54, 1.807) is 6.08 Å². The molecule has 1 atom stereocenters. The quantitative estimate of drug-likeness (QED) is 0.403. The summed E-state index contributed by atoms with van der Waals surface area (Å²) in [4.78, 5) is 11.4. The third-order valence-corrected chi connectivity index (χ3v) is 2.85. The molecule has 0 radical (unpaired) electrons. The summed E-state index contributed by atoms with van der Waals surface area (Å²) in [5.74, 6) is -0.234. The van der Waals surface area contributed by atoms with Crippen LogP contribution in [-0.2, 0) is 4.79 Å². The lowest BCUT2D eigenvalue weighted by Gasteiger charge is -2.05. The SMILES string of the molecule is CC(C)=CCCC(C)=CCCC(C)=CC(=O)NC(C)O. The zero-order valence-electron chi connectivity index (χ0n) is 13.5. The van der Waals surface area contributed by atoms with Gasteiger partial charge in [0.05, 0.1) is 0 Å². The predicted molar refractivity (Wildman–Crippen MR) is 85.2 cm³/mol. The molecule has 0 aromatic heterocycles. The number of rotatable bonds is 8. The van der Waals surface area contributed by atoms with Gasteiger partial charge >= 0.3 is 0 Å². The van der Waals surface area contributed by atoms with Crippen LogP contribution in [0.15, 0.2) is 34.9 Å². The van der Waals surface area contributed by atoms with Crippen molar-refractivity contribution in [2.75, 3.05) is 0 Å². The highest BCUT2D eigenvalue weighted by molar-refractivity contribution is 5.88. The van der Waals surface area contributed by atoms with Crippen LogP contribution < -0.4 is 5.32 Å². The van der Waals surface area contributed by atoms with Gasteiger partial charge in [-0.25, -0.2) is 0 Å². The highest BCUT2D eigenvalue weighted by Crippen LogP contribution is 2.11. The summed E-state index contributed by atoms with van der Waals surface area (Å²) in [6.45, 7) is 9.85. The molecule has 0 rings (SSSR count). The van der Waals surface area contributed by atoms with Crippen LogP contribution in [0.25, 0.3) is 0 Å². The van der Waals surface area contributed by atoms with Crippen LogP contribution in [0.2, 0.25) is 0 Å². The number of allylic oxidation sites excluding steroid dienone is 5. The van der Waals surface area contributed by atoms with Crippen molar-refractivity contribution in [3.05, 3.63) is 34.9 Å². The Morgan fingerprint density at radius 2 is 1.60 bits per heavy atom. The molecule has 0 saturated carbocycles. The van der Waals surface area contributed by atoms with Crippen molar-refractivity contribution in [2.24, 2.45) is 0 Å². The molecule has 0 aromatic rings. The monoisotopic (exact) mass is 279 g/mol. The average Bonchev–Trinajstić information content (AvgIpc) is 2.26. The molecule has 20 heavy (non-hydrogen) atoms. The van der Waals surface area contributed by atoms with E-state index >= 15 is 0 Å². The number of carbonyl (C=O) groups excluding carboxylic acids is 1. The molecule has 0 aliphatic rings. The third-order valence-electron chi connectivity index (χ3n) is 2.85. The second-order valence-electron chi connectivity index (χ2n) is 5.58. The third kappa shape index (κ3) is 11.7. The van der Waals surface area contributed by atoms with E-state index in [9.17, 15) is 4.79 Å². The summed E-state index contributed by atoms with van der Waals surface area (Å²) in [5, 5.41) is 11.5. The van der Waals surface area contributed by atoms with Crippen molar-refractivity contribution >= 4 is 5.91 Å². The van der Waals surface area contributed by atoms with Gasteiger partial charge in [-0.05, 0) is 60.3 Å². The molecular formula is C17H29NO2. The molecule has 3 heteroatoms. The Kier molecular flexibility index (Phi) is 9.73. The molecule has 1 unspecified atom stereocenters. The smallest absolute Gasteiger partial charge is 0.245 e. The summed E-state index contributed by atoms with van der Waals surface area (Å²) in [7, 11) is 0. The van der Waals surface area contributed by atoms with Gasteiger partial charge in [0.15, 0.2) is 0 Å². The molecule has 1 amide bonds. The van der Waals surface area contributed by atoms with E-state index in [2.05, 4.69) is 38.2 Å². The molecule has 0 fully saturated rings. The summed E-state index contributed by atoms with van der Waals surface area (Å²) >= 11 is 0. The Labute approximate surface area is 123 Å². The fraction of sp³-hybridized carbons (Fsp3) is 0.588. The van der Waals surface area contributed by atoms with Crippen molar-refractivity contribution in [3.8, 4) is 0 Å². The first-order chi connectivity index (χ1) is 9.31. The molecule has 0 saturated heterocycles. The first kappa shape index (κ1) is 18.7. The Balaban J connectivity index is 4.05. The normalized spacial score (nSPS) is 13.9. The molecule has 3 nitrogen and oxygen atoms in total. The zero-order chi connectivity index (χ0) is 15.5. The van der Waals surface area contributed by atoms with Crippen molar-refractivity contribution in [1.29, 1.82) is 0 Å². The van der Waals surface area contributed by atoms with E-state index in [-0.39, 0.29) is 5.91 Å². The first-order valence-electron chi connectivity index (χ1n) is 7.26. The van der Waals surface area contributed by atoms with Crippen LogP contribution in [0.3, 0.4) is 0 Å². The van der Waals surface area contributed by atoms with Gasteiger partial charge in [0.1, 0.15) is 6.23 Å². The van der Waals surface area contributed by atoms with Gasteiger partial charge < -0.3 is 10.4 Å². The van der Waals surface area contributed by atoms with Gasteiger partial charge in [-0.3, -0.25) is 4.79 Å². The maximum atomic E-state index is 11.4. The van der Waals surface area contributed by atoms with Gasteiger partial charge in [0.25, 0.3) is 0 Å². The fourth-order valence-electron chi connectivity index (χ4n) is 1.78. The summed E-state index contributed by atoms with van der Waals surface area (Å²) in [6.07, 6.45) is 9.25. The second-order valence-corrected chi connectivity index (χ2v) is 5.58. The van der Waals surface area contributed by atoms with Crippen LogP contribution in [0, 0.1) is 0 Å². The topological polar surface area (TPSA) is 49.3 Å². The maximum Gasteiger partial charge on any atom is 0.245 e. The molecule has 0 spiro atoms. The highest BCUT2D eigenvalue weighted by atomic mass is 16.3. The van der Waals surface area contributed by atoms with Crippen LogP contribution >= 0.6 is 0 Å². The Morgan fingerprint density at radius 3 is 2.15 bits per heavy atom. The summed E-state index contributed by atoms with van der Waals surface area (Å²) in [5.41, 5.74) is 3.78. The Bertz CT molecular complexity index is 386. The second kappa shape index (κ2) is 10.4. The van der Waals surface area contributed by atoms with Crippen LogP contribution in [0.4, 0.5) is 0 Å². The minimum Gasteiger partial charge on any atom is -0.374 e. The molecule has 114 valence electrons. The molecule has 0 aromatic carbocycles. The summed E-state index contributed by atoms with van der Waals surface area (Å²) in [6, 6.07) is 0. The van der Waals surface area contributed by atoms with Crippen molar-refractivity contribution < 1.29 is 9.90 Å². The number of nitrogens with one attached hydrogen (secondary N) is 1. The van der Waals surface area contributed by atoms with Gasteiger partial charge in [-0.1, -0.05) is 28.9 Å².